The molecule has 0 saturated heterocycles. The summed E-state index contributed by atoms with van der Waals surface area (Å²) >= 11 is 0. The van der Waals surface area contributed by atoms with Crippen LogP contribution in [-0.4, -0.2) is 37.3 Å². The van der Waals surface area contributed by atoms with E-state index in [0.717, 1.165) is 0 Å². The highest BCUT2D eigenvalue weighted by Crippen LogP contribution is 1.95. The Morgan fingerprint density at radius 3 is 2.54 bits per heavy atom. The van der Waals surface area contributed by atoms with E-state index in [-0.39, 0.29) is 13.0 Å². The first kappa shape index (κ1) is 12.3. The molecule has 0 saturated carbocycles. The van der Waals surface area contributed by atoms with Crippen molar-refractivity contribution in [1.82, 2.24) is 0 Å². The van der Waals surface area contributed by atoms with Crippen molar-refractivity contribution >= 4 is 16.1 Å². The Balaban J connectivity index is 3.88. The van der Waals surface area contributed by atoms with Crippen molar-refractivity contribution in [1.29, 1.82) is 0 Å². The fourth-order valence-corrected chi connectivity index (χ4v) is 1.19. The smallest absolute Gasteiger partial charge is 0.322 e. The lowest BCUT2D eigenvalue weighted by atomic mass is 10.2. The van der Waals surface area contributed by atoms with Crippen LogP contribution in [0.25, 0.3) is 0 Å². The fourth-order valence-electron chi connectivity index (χ4n) is 0.643. The van der Waals surface area contributed by atoms with E-state index in [1.807, 2.05) is 0 Å². The number of esters is 1. The predicted octanol–water partition coefficient (Wildman–Crippen LogP) is -0.845. The number of hydrogen-bond acceptors (Lipinski definition) is 5. The highest BCUT2D eigenvalue weighted by molar-refractivity contribution is 7.85. The lowest BCUT2D eigenvalue weighted by molar-refractivity contribution is -0.144. The molecule has 0 amide bonds. The van der Waals surface area contributed by atoms with Crippen LogP contribution in [0, 0.1) is 0 Å². The second-order valence-electron chi connectivity index (χ2n) is 2.43. The molecule has 78 valence electrons. The molecule has 7 heteroatoms. The molecule has 0 heterocycles. The lowest BCUT2D eigenvalue weighted by Crippen LogP contribution is -2.34. The van der Waals surface area contributed by atoms with Crippen LogP contribution in [0.3, 0.4) is 0 Å². The van der Waals surface area contributed by atoms with Crippen LogP contribution in [0.5, 0.6) is 0 Å². The van der Waals surface area contributed by atoms with Crippen molar-refractivity contribution in [3.63, 3.8) is 0 Å². The molecule has 0 radical (unpaired) electrons. The molecule has 0 rings (SSSR count). The molecular weight excluding hydrogens is 198 g/mol. The van der Waals surface area contributed by atoms with Gasteiger partial charge in [0.05, 0.1) is 12.4 Å². The molecule has 0 aromatic carbocycles. The molecule has 6 nitrogen and oxygen atoms in total. The zero-order chi connectivity index (χ0) is 10.5. The number of carbonyl (C=O) groups is 1. The summed E-state index contributed by atoms with van der Waals surface area (Å²) in [6.07, 6.45) is -0.141. The van der Waals surface area contributed by atoms with Gasteiger partial charge in [-0.15, -0.1) is 0 Å². The summed E-state index contributed by atoms with van der Waals surface area (Å²) in [4.78, 5) is 10.8. The molecule has 0 spiro atoms. The van der Waals surface area contributed by atoms with Crippen LogP contribution in [0.1, 0.15) is 13.3 Å². The second kappa shape index (κ2) is 5.15. The highest BCUT2D eigenvalue weighted by atomic mass is 32.2. The van der Waals surface area contributed by atoms with Gasteiger partial charge in [0, 0.05) is 0 Å². The quantitative estimate of drug-likeness (QED) is 0.453. The van der Waals surface area contributed by atoms with Crippen LogP contribution < -0.4 is 5.73 Å². The van der Waals surface area contributed by atoms with Gasteiger partial charge in [-0.1, -0.05) is 0 Å². The second-order valence-corrected chi connectivity index (χ2v) is 4.01. The standard InChI is InChI=1S/C6H13NO5S/c1-2-12-6(8)5(7)3-4-13(9,10)11/h5H,2-4,7H2,1H3,(H,9,10,11). The van der Waals surface area contributed by atoms with E-state index < -0.39 is 27.9 Å². The largest absolute Gasteiger partial charge is 0.465 e. The molecule has 0 aliphatic heterocycles. The van der Waals surface area contributed by atoms with E-state index in [9.17, 15) is 13.2 Å². The highest BCUT2D eigenvalue weighted by Gasteiger charge is 2.17. The fraction of sp³-hybridized carbons (Fsp3) is 0.833. The Bertz CT molecular complexity index is 260. The van der Waals surface area contributed by atoms with Gasteiger partial charge in [-0.2, -0.15) is 8.42 Å². The molecule has 3 N–H and O–H groups in total. The average Bonchev–Trinajstić information content (AvgIpc) is 1.99. The zero-order valence-corrected chi connectivity index (χ0v) is 8.08. The minimum absolute atomic E-state index is 0.141. The third kappa shape index (κ3) is 6.50. The van der Waals surface area contributed by atoms with Crippen LogP contribution in [-0.2, 0) is 19.6 Å². The first-order valence-corrected chi connectivity index (χ1v) is 5.35. The Hall–Kier alpha value is -0.660. The molecule has 0 aromatic rings. The van der Waals surface area contributed by atoms with Crippen molar-refractivity contribution < 1.29 is 22.5 Å². The maximum Gasteiger partial charge on any atom is 0.322 e. The summed E-state index contributed by atoms with van der Waals surface area (Å²) in [6, 6.07) is -0.998. The van der Waals surface area contributed by atoms with Crippen LogP contribution in [0.2, 0.25) is 0 Å². The van der Waals surface area contributed by atoms with Gasteiger partial charge in [-0.25, -0.2) is 0 Å². The van der Waals surface area contributed by atoms with E-state index in [2.05, 4.69) is 4.74 Å². The van der Waals surface area contributed by atoms with Gasteiger partial charge in [0.1, 0.15) is 6.04 Å². The molecule has 1 atom stereocenters. The minimum Gasteiger partial charge on any atom is -0.465 e. The van der Waals surface area contributed by atoms with Gasteiger partial charge in [-0.3, -0.25) is 9.35 Å². The number of ether oxygens (including phenoxy) is 1. The summed E-state index contributed by atoms with van der Waals surface area (Å²) in [5.74, 6) is -1.20. The zero-order valence-electron chi connectivity index (χ0n) is 7.26. The van der Waals surface area contributed by atoms with E-state index >= 15 is 0 Å². The van der Waals surface area contributed by atoms with Gasteiger partial charge in [-0.05, 0) is 13.3 Å². The summed E-state index contributed by atoms with van der Waals surface area (Å²) in [5, 5.41) is 0. The first-order chi connectivity index (χ1) is 5.87. The molecule has 0 aliphatic rings. The Morgan fingerprint density at radius 2 is 2.15 bits per heavy atom. The van der Waals surface area contributed by atoms with Crippen molar-refractivity contribution in [2.75, 3.05) is 12.4 Å². The van der Waals surface area contributed by atoms with Gasteiger partial charge in [0.2, 0.25) is 0 Å². The molecule has 1 unspecified atom stereocenters. The number of nitrogens with two attached hydrogens (primary N) is 1. The van der Waals surface area contributed by atoms with Crippen molar-refractivity contribution in [3.05, 3.63) is 0 Å². The van der Waals surface area contributed by atoms with E-state index in [4.69, 9.17) is 10.3 Å². The average molecular weight is 211 g/mol. The first-order valence-electron chi connectivity index (χ1n) is 3.74. The SMILES string of the molecule is CCOC(=O)C(N)CCS(=O)(=O)O. The third-order valence-corrected chi connectivity index (χ3v) is 2.03. The normalized spacial score (nSPS) is 13.8. The van der Waals surface area contributed by atoms with Gasteiger partial charge >= 0.3 is 5.97 Å². The summed E-state index contributed by atoms with van der Waals surface area (Å²) in [6.45, 7) is 1.81. The maximum absolute atomic E-state index is 10.8. The lowest BCUT2D eigenvalue weighted by Gasteiger charge is -2.08. The van der Waals surface area contributed by atoms with Crippen molar-refractivity contribution in [2.24, 2.45) is 5.73 Å². The van der Waals surface area contributed by atoms with Gasteiger partial charge in [0.15, 0.2) is 0 Å². The molecule has 0 fully saturated rings. The summed E-state index contributed by atoms with van der Waals surface area (Å²) in [5.41, 5.74) is 5.26. The Morgan fingerprint density at radius 1 is 1.62 bits per heavy atom. The number of rotatable bonds is 5. The van der Waals surface area contributed by atoms with Crippen LogP contribution in [0.4, 0.5) is 0 Å². The van der Waals surface area contributed by atoms with Crippen molar-refractivity contribution in [3.8, 4) is 0 Å². The van der Waals surface area contributed by atoms with Crippen molar-refractivity contribution in [2.45, 2.75) is 19.4 Å². The molecule has 0 bridgehead atoms. The number of hydrogen-bond donors (Lipinski definition) is 2. The van der Waals surface area contributed by atoms with Crippen LogP contribution >= 0.6 is 0 Å². The van der Waals surface area contributed by atoms with E-state index in [1.54, 1.807) is 6.92 Å². The van der Waals surface area contributed by atoms with Crippen LogP contribution in [0.15, 0.2) is 0 Å². The monoisotopic (exact) mass is 211 g/mol. The predicted molar refractivity (Wildman–Crippen MR) is 45.6 cm³/mol. The molecule has 0 aromatic heterocycles. The van der Waals surface area contributed by atoms with Gasteiger partial charge in [0.25, 0.3) is 10.1 Å². The molecule has 13 heavy (non-hydrogen) atoms. The third-order valence-electron chi connectivity index (χ3n) is 1.28. The Labute approximate surface area is 76.8 Å². The van der Waals surface area contributed by atoms with E-state index in [1.165, 1.54) is 0 Å². The van der Waals surface area contributed by atoms with E-state index in [0.29, 0.717) is 0 Å². The number of carbonyl (C=O) groups excluding carboxylic acids is 1. The minimum atomic E-state index is -4.06. The maximum atomic E-state index is 10.8. The topological polar surface area (TPSA) is 107 Å². The Kier molecular flexibility index (Phi) is 4.89. The van der Waals surface area contributed by atoms with Gasteiger partial charge < -0.3 is 10.5 Å². The molecular formula is C6H13NO5S. The summed E-state index contributed by atoms with van der Waals surface area (Å²) in [7, 11) is -4.06. The molecule has 0 aliphatic carbocycles. The summed E-state index contributed by atoms with van der Waals surface area (Å²) < 4.78 is 33.4.